The average Bonchev–Trinajstić information content (AvgIpc) is 2.29. The van der Waals surface area contributed by atoms with Crippen molar-refractivity contribution in [1.29, 1.82) is 0 Å². The van der Waals surface area contributed by atoms with Crippen molar-refractivity contribution in [3.8, 4) is 5.75 Å². The molecule has 1 aromatic rings. The van der Waals surface area contributed by atoms with Gasteiger partial charge in [0.05, 0.1) is 11.4 Å². The molecule has 94 valence electrons. The first-order chi connectivity index (χ1) is 8.04. The molecule has 0 aliphatic rings. The van der Waals surface area contributed by atoms with Gasteiger partial charge in [-0.3, -0.25) is 4.79 Å². The predicted molar refractivity (Wildman–Crippen MR) is 72.5 cm³/mol. The molecule has 0 aromatic heterocycles. The largest absolute Gasteiger partial charge is 0.491 e. The summed E-state index contributed by atoms with van der Waals surface area (Å²) >= 11 is 3.17. The topological polar surface area (TPSA) is 29.5 Å². The average molecular weight is 300 g/mol. The van der Waals surface area contributed by atoms with E-state index in [-0.39, 0.29) is 12.0 Å². The molecule has 0 fully saturated rings. The maximum Gasteiger partial charge on any atom is 0.233 e. The molecule has 0 atom stereocenters. The molecule has 0 saturated carbocycles. The van der Waals surface area contributed by atoms with Crippen molar-refractivity contribution in [1.82, 2.24) is 4.90 Å². The summed E-state index contributed by atoms with van der Waals surface area (Å²) in [6, 6.07) is 7.81. The first-order valence-corrected chi connectivity index (χ1v) is 6.71. The zero-order valence-corrected chi connectivity index (χ0v) is 12.0. The van der Waals surface area contributed by atoms with Gasteiger partial charge in [-0.2, -0.15) is 0 Å². The van der Waals surface area contributed by atoms with Crippen LogP contribution in [0.5, 0.6) is 5.75 Å². The maximum absolute atomic E-state index is 11.5. The van der Waals surface area contributed by atoms with Crippen molar-refractivity contribution in [3.63, 3.8) is 0 Å². The molecule has 1 amide bonds. The van der Waals surface area contributed by atoms with Gasteiger partial charge in [-0.05, 0) is 19.9 Å². The van der Waals surface area contributed by atoms with Crippen LogP contribution in [0.2, 0.25) is 0 Å². The van der Waals surface area contributed by atoms with E-state index >= 15 is 0 Å². The minimum Gasteiger partial charge on any atom is -0.491 e. The van der Waals surface area contributed by atoms with Crippen LogP contribution in [0.3, 0.4) is 0 Å². The van der Waals surface area contributed by atoms with Gasteiger partial charge in [-0.1, -0.05) is 34.1 Å². The maximum atomic E-state index is 11.5. The molecule has 1 rings (SSSR count). The molecule has 1 aromatic carbocycles. The Balaban J connectivity index is 2.79. The summed E-state index contributed by atoms with van der Waals surface area (Å²) in [6.07, 6.45) is 0.133. The smallest absolute Gasteiger partial charge is 0.233 e. The van der Waals surface area contributed by atoms with Gasteiger partial charge in [0.15, 0.2) is 0 Å². The van der Waals surface area contributed by atoms with Crippen molar-refractivity contribution < 1.29 is 9.53 Å². The van der Waals surface area contributed by atoms with Gasteiger partial charge in [0.1, 0.15) is 5.75 Å². The van der Waals surface area contributed by atoms with Gasteiger partial charge in [0, 0.05) is 19.2 Å². The van der Waals surface area contributed by atoms with Crippen LogP contribution in [0.15, 0.2) is 24.3 Å². The number of nitrogens with zero attached hydrogens (tertiary/aromatic N) is 1. The van der Waals surface area contributed by atoms with Gasteiger partial charge in [0.25, 0.3) is 0 Å². The van der Waals surface area contributed by atoms with E-state index in [2.05, 4.69) is 15.9 Å². The number of benzene rings is 1. The lowest BCUT2D eigenvalue weighted by molar-refractivity contribution is -0.127. The van der Waals surface area contributed by atoms with E-state index < -0.39 is 0 Å². The van der Waals surface area contributed by atoms with E-state index in [4.69, 9.17) is 4.74 Å². The third-order valence-electron chi connectivity index (χ3n) is 2.28. The van der Waals surface area contributed by atoms with Gasteiger partial charge >= 0.3 is 0 Å². The van der Waals surface area contributed by atoms with Crippen molar-refractivity contribution in [2.24, 2.45) is 0 Å². The third kappa shape index (κ3) is 4.38. The number of hydrogen-bond donors (Lipinski definition) is 0. The quantitative estimate of drug-likeness (QED) is 0.783. The lowest BCUT2D eigenvalue weighted by Gasteiger charge is -2.19. The molecule has 0 N–H and O–H groups in total. The molecule has 0 bridgehead atoms. The highest BCUT2D eigenvalue weighted by molar-refractivity contribution is 9.09. The number of para-hydroxylation sites is 1. The van der Waals surface area contributed by atoms with E-state index in [1.165, 1.54) is 0 Å². The number of alkyl halides is 1. The Labute approximate surface area is 111 Å². The van der Waals surface area contributed by atoms with Crippen molar-refractivity contribution >= 4 is 21.8 Å². The van der Waals surface area contributed by atoms with Crippen LogP contribution in [-0.2, 0) is 11.3 Å². The van der Waals surface area contributed by atoms with Gasteiger partial charge in [-0.25, -0.2) is 0 Å². The van der Waals surface area contributed by atoms with Crippen LogP contribution in [0, 0.1) is 0 Å². The van der Waals surface area contributed by atoms with Crippen LogP contribution in [0.1, 0.15) is 19.4 Å². The Morgan fingerprint density at radius 1 is 1.41 bits per heavy atom. The second-order valence-corrected chi connectivity index (χ2v) is 4.72. The Morgan fingerprint density at radius 2 is 2.06 bits per heavy atom. The van der Waals surface area contributed by atoms with Crippen molar-refractivity contribution in [3.05, 3.63) is 29.8 Å². The normalized spacial score (nSPS) is 10.4. The highest BCUT2D eigenvalue weighted by atomic mass is 79.9. The molecule has 0 heterocycles. The minimum atomic E-state index is 0.0596. The second kappa shape index (κ2) is 6.64. The Morgan fingerprint density at radius 3 is 2.65 bits per heavy atom. The second-order valence-electron chi connectivity index (χ2n) is 4.16. The Bertz CT molecular complexity index is 379. The standard InChI is InChI=1S/C13H18BrNO2/c1-10(2)17-12-7-5-4-6-11(12)9-15(3)13(16)8-14/h4-7,10H,8-9H2,1-3H3. The van der Waals surface area contributed by atoms with Crippen LogP contribution >= 0.6 is 15.9 Å². The molecule has 4 heteroatoms. The minimum absolute atomic E-state index is 0.0596. The fourth-order valence-electron chi connectivity index (χ4n) is 1.45. The van der Waals surface area contributed by atoms with Crippen molar-refractivity contribution in [2.75, 3.05) is 12.4 Å². The van der Waals surface area contributed by atoms with E-state index in [0.717, 1.165) is 11.3 Å². The Kier molecular flexibility index (Phi) is 5.48. The van der Waals surface area contributed by atoms with Crippen molar-refractivity contribution in [2.45, 2.75) is 26.5 Å². The molecule has 0 radical (unpaired) electrons. The van der Waals surface area contributed by atoms with Gasteiger partial charge < -0.3 is 9.64 Å². The van der Waals surface area contributed by atoms with Crippen LogP contribution in [-0.4, -0.2) is 29.3 Å². The summed E-state index contributed by atoms with van der Waals surface area (Å²) in [7, 11) is 1.79. The number of carbonyl (C=O) groups is 1. The van der Waals surface area contributed by atoms with E-state index in [0.29, 0.717) is 11.9 Å². The molecule has 0 saturated heterocycles. The summed E-state index contributed by atoms with van der Waals surface area (Å²) in [6.45, 7) is 4.54. The highest BCUT2D eigenvalue weighted by Gasteiger charge is 2.11. The molecule has 3 nitrogen and oxygen atoms in total. The van der Waals surface area contributed by atoms with Gasteiger partial charge in [-0.15, -0.1) is 0 Å². The van der Waals surface area contributed by atoms with Gasteiger partial charge in [0.2, 0.25) is 5.91 Å². The summed E-state index contributed by atoms with van der Waals surface area (Å²) in [5.41, 5.74) is 1.03. The highest BCUT2D eigenvalue weighted by Crippen LogP contribution is 2.20. The fourth-order valence-corrected chi connectivity index (χ4v) is 1.88. The summed E-state index contributed by atoms with van der Waals surface area (Å²) in [5, 5.41) is 0.344. The fraction of sp³-hybridized carbons (Fsp3) is 0.462. The lowest BCUT2D eigenvalue weighted by atomic mass is 10.2. The number of ether oxygens (including phenoxy) is 1. The zero-order chi connectivity index (χ0) is 12.8. The number of hydrogen-bond acceptors (Lipinski definition) is 2. The summed E-state index contributed by atoms with van der Waals surface area (Å²) in [5.74, 6) is 0.904. The molecule has 17 heavy (non-hydrogen) atoms. The molecular weight excluding hydrogens is 282 g/mol. The SMILES string of the molecule is CC(C)Oc1ccccc1CN(C)C(=O)CBr. The summed E-state index contributed by atoms with van der Waals surface area (Å²) in [4.78, 5) is 13.2. The number of amides is 1. The van der Waals surface area contributed by atoms with Crippen LogP contribution < -0.4 is 4.74 Å². The number of rotatable bonds is 5. The first-order valence-electron chi connectivity index (χ1n) is 5.59. The Hall–Kier alpha value is -1.03. The van der Waals surface area contributed by atoms with E-state index in [1.54, 1.807) is 11.9 Å². The van der Waals surface area contributed by atoms with Crippen LogP contribution in [0.25, 0.3) is 0 Å². The summed E-state index contributed by atoms with van der Waals surface area (Å²) < 4.78 is 5.71. The van der Waals surface area contributed by atoms with E-state index in [9.17, 15) is 4.79 Å². The molecular formula is C13H18BrNO2. The molecule has 0 spiro atoms. The molecule has 0 unspecified atom stereocenters. The number of carbonyl (C=O) groups excluding carboxylic acids is 1. The predicted octanol–water partition coefficient (Wildman–Crippen LogP) is 2.83. The zero-order valence-electron chi connectivity index (χ0n) is 10.4. The molecule has 0 aliphatic heterocycles. The first kappa shape index (κ1) is 14.0. The monoisotopic (exact) mass is 299 g/mol. The number of halogens is 1. The lowest BCUT2D eigenvalue weighted by Crippen LogP contribution is -2.27. The molecule has 0 aliphatic carbocycles. The van der Waals surface area contributed by atoms with Crippen LogP contribution in [0.4, 0.5) is 0 Å². The van der Waals surface area contributed by atoms with E-state index in [1.807, 2.05) is 38.1 Å². The third-order valence-corrected chi connectivity index (χ3v) is 2.76.